The number of fused-ring (bicyclic) bond motifs is 1. The summed E-state index contributed by atoms with van der Waals surface area (Å²) in [6, 6.07) is 0. The van der Waals surface area contributed by atoms with E-state index in [-0.39, 0.29) is 22.5 Å². The van der Waals surface area contributed by atoms with E-state index in [1.165, 1.54) is 12.2 Å². The first-order valence-corrected chi connectivity index (χ1v) is 11.1. The van der Waals surface area contributed by atoms with Gasteiger partial charge < -0.3 is 14.7 Å². The van der Waals surface area contributed by atoms with Crippen LogP contribution in [0.2, 0.25) is 0 Å². The van der Waals surface area contributed by atoms with E-state index in [1.807, 2.05) is 0 Å². The molecule has 0 radical (unpaired) electrons. The molecule has 1 saturated heterocycles. The number of amidine groups is 1. The van der Waals surface area contributed by atoms with Gasteiger partial charge in [-0.2, -0.15) is 26.0 Å². The second-order valence-electron chi connectivity index (χ2n) is 6.32. The standard InChI is InChI=1S/C16H17F3N6O4S2/c1-3-29-14(26)13-21-23-15(30-13)22-20-10-7-9-5-4-6-25(2)12(9)8-11(10)24-31(27,28)16(17,18)19/h7-8,26H,3-6H2,1-2H3/p-1/b14-13+,20-10+,22-15+,24-11-. The number of likely N-dealkylation sites (N-methyl/N-ethyl adjacent to an activating group) is 1. The molecule has 0 spiro atoms. The number of piperidine rings is 1. The lowest BCUT2D eigenvalue weighted by Gasteiger charge is -2.32. The van der Waals surface area contributed by atoms with Crippen molar-refractivity contribution in [3.63, 3.8) is 0 Å². The Hall–Kier alpha value is -2.68. The van der Waals surface area contributed by atoms with Crippen molar-refractivity contribution < 1.29 is 31.4 Å². The number of hydrogen-bond acceptors (Lipinski definition) is 9. The number of sulfonamides is 1. The molecule has 31 heavy (non-hydrogen) atoms. The summed E-state index contributed by atoms with van der Waals surface area (Å²) < 4.78 is 69.5. The van der Waals surface area contributed by atoms with Gasteiger partial charge in [0, 0.05) is 19.3 Å². The van der Waals surface area contributed by atoms with Gasteiger partial charge in [0.05, 0.1) is 5.95 Å². The number of ether oxygens (including phenoxy) is 1. The monoisotopic (exact) mass is 477 g/mol. The van der Waals surface area contributed by atoms with Crippen LogP contribution in [0.1, 0.15) is 19.8 Å². The molecule has 0 saturated carbocycles. The molecule has 2 aliphatic heterocycles. The Kier molecular flexibility index (Phi) is 6.54. The maximum absolute atomic E-state index is 12.9. The van der Waals surface area contributed by atoms with E-state index in [0.29, 0.717) is 18.7 Å². The summed E-state index contributed by atoms with van der Waals surface area (Å²) in [5, 5.41) is 26.4. The number of alkyl halides is 3. The molecule has 0 unspecified atom stereocenters. The van der Waals surface area contributed by atoms with Gasteiger partial charge in [-0.1, -0.05) is 6.92 Å². The van der Waals surface area contributed by atoms with Crippen molar-refractivity contribution in [2.75, 3.05) is 20.2 Å². The van der Waals surface area contributed by atoms with Crippen LogP contribution >= 0.6 is 11.8 Å². The lowest BCUT2D eigenvalue weighted by molar-refractivity contribution is -0.357. The number of allylic oxidation sites excluding steroid dienone is 3. The largest absolute Gasteiger partial charge is 0.612 e. The highest BCUT2D eigenvalue weighted by Crippen LogP contribution is 2.31. The maximum atomic E-state index is 12.9. The molecule has 0 amide bonds. The Balaban J connectivity index is 2.00. The van der Waals surface area contributed by atoms with Crippen molar-refractivity contribution >= 4 is 38.4 Å². The number of azo groups is 1. The van der Waals surface area contributed by atoms with E-state index in [9.17, 15) is 26.7 Å². The van der Waals surface area contributed by atoms with Gasteiger partial charge in [-0.15, -0.1) is 20.4 Å². The molecule has 10 nitrogen and oxygen atoms in total. The normalized spacial score (nSPS) is 25.1. The highest BCUT2D eigenvalue weighted by atomic mass is 32.2. The van der Waals surface area contributed by atoms with Crippen LogP contribution in [0.15, 0.2) is 59.2 Å². The van der Waals surface area contributed by atoms with Crippen LogP contribution < -0.4 is 5.11 Å². The second-order valence-corrected chi connectivity index (χ2v) is 8.87. The van der Waals surface area contributed by atoms with Crippen LogP contribution in [0.5, 0.6) is 0 Å². The number of likely N-dealkylation sites (tertiary alicyclic amines) is 1. The molecule has 0 N–H and O–H groups in total. The van der Waals surface area contributed by atoms with Gasteiger partial charge >= 0.3 is 15.5 Å². The molecule has 168 valence electrons. The van der Waals surface area contributed by atoms with Crippen molar-refractivity contribution in [3.8, 4) is 0 Å². The van der Waals surface area contributed by atoms with Crippen LogP contribution in [0, 0.1) is 0 Å². The van der Waals surface area contributed by atoms with Crippen LogP contribution in [-0.4, -0.2) is 55.6 Å². The Morgan fingerprint density at radius 1 is 1.29 bits per heavy atom. The highest BCUT2D eigenvalue weighted by molar-refractivity contribution is 8.17. The quantitative estimate of drug-likeness (QED) is 0.347. The molecular formula is C16H16F3N6O4S2-. The number of nitrogens with zero attached hydrogens (tertiary/aromatic N) is 6. The smallest absolute Gasteiger partial charge is 0.518 e. The van der Waals surface area contributed by atoms with Crippen molar-refractivity contribution in [2.45, 2.75) is 25.3 Å². The fourth-order valence-electron chi connectivity index (χ4n) is 2.75. The van der Waals surface area contributed by atoms with E-state index < -0.39 is 27.2 Å². The molecule has 0 atom stereocenters. The van der Waals surface area contributed by atoms with Crippen molar-refractivity contribution in [1.82, 2.24) is 4.90 Å². The lowest BCUT2D eigenvalue weighted by Crippen LogP contribution is -2.31. The third-order valence-corrected chi connectivity index (χ3v) is 5.95. The third-order valence-electron chi connectivity index (χ3n) is 4.15. The Bertz CT molecular complexity index is 1090. The van der Waals surface area contributed by atoms with Crippen molar-refractivity contribution in [1.29, 1.82) is 0 Å². The fraction of sp³-hybridized carbons (Fsp3) is 0.438. The predicted molar refractivity (Wildman–Crippen MR) is 106 cm³/mol. The predicted octanol–water partition coefficient (Wildman–Crippen LogP) is 2.26. The number of rotatable bonds is 4. The first kappa shape index (κ1) is 23.0. The molecule has 2 heterocycles. The summed E-state index contributed by atoms with van der Waals surface area (Å²) in [6.07, 6.45) is 4.10. The van der Waals surface area contributed by atoms with E-state index in [4.69, 9.17) is 4.74 Å². The Morgan fingerprint density at radius 2 is 2.03 bits per heavy atom. The minimum Gasteiger partial charge on any atom is -0.612 e. The molecule has 3 aliphatic rings. The number of halogens is 3. The summed E-state index contributed by atoms with van der Waals surface area (Å²) in [4.78, 5) is 1.79. The summed E-state index contributed by atoms with van der Waals surface area (Å²) in [5.74, 6) is -0.703. The molecule has 0 aromatic rings. The third kappa shape index (κ3) is 5.15. The van der Waals surface area contributed by atoms with E-state index in [0.717, 1.165) is 23.8 Å². The SMILES string of the molecule is CCO/C([O-])=C1N=N\C(=N/N=C2\C=C3CCCN(C)C3=C\C2=N\S(=O)(=O)C(F)(F)F)S\1. The average Bonchev–Trinajstić information content (AvgIpc) is 3.15. The van der Waals surface area contributed by atoms with Gasteiger partial charge in [-0.3, -0.25) is 0 Å². The van der Waals surface area contributed by atoms with E-state index in [2.05, 4.69) is 24.8 Å². The first-order valence-electron chi connectivity index (χ1n) is 8.86. The van der Waals surface area contributed by atoms with Crippen LogP contribution in [0.3, 0.4) is 0 Å². The van der Waals surface area contributed by atoms with Gasteiger partial charge in [-0.05, 0) is 48.9 Å². The minimum atomic E-state index is -5.80. The van der Waals surface area contributed by atoms with Gasteiger partial charge in [0.25, 0.3) is 0 Å². The van der Waals surface area contributed by atoms with Gasteiger partial charge in [0.1, 0.15) is 16.5 Å². The Labute approximate surface area is 179 Å². The molecule has 15 heteroatoms. The number of hydrogen-bond donors (Lipinski definition) is 0. The van der Waals surface area contributed by atoms with Gasteiger partial charge in [0.15, 0.2) is 0 Å². The maximum Gasteiger partial charge on any atom is 0.518 e. The topological polar surface area (TPSA) is 131 Å². The molecule has 0 bridgehead atoms. The summed E-state index contributed by atoms with van der Waals surface area (Å²) >= 11 is 0.758. The first-order chi connectivity index (χ1) is 14.5. The van der Waals surface area contributed by atoms with Crippen molar-refractivity contribution in [2.24, 2.45) is 24.8 Å². The highest BCUT2D eigenvalue weighted by Gasteiger charge is 2.46. The zero-order chi connectivity index (χ0) is 22.8. The molecule has 0 aromatic carbocycles. The van der Waals surface area contributed by atoms with Crippen LogP contribution in [0.25, 0.3) is 0 Å². The number of thioether (sulfide) groups is 1. The van der Waals surface area contributed by atoms with Gasteiger partial charge in [-0.25, -0.2) is 0 Å². The molecule has 1 fully saturated rings. The van der Waals surface area contributed by atoms with Crippen molar-refractivity contribution in [3.05, 3.63) is 34.4 Å². The molecular weight excluding hydrogens is 461 g/mol. The fourth-order valence-corrected chi connectivity index (χ4v) is 3.82. The van der Waals surface area contributed by atoms with Crippen LogP contribution in [0.4, 0.5) is 13.2 Å². The van der Waals surface area contributed by atoms with Crippen LogP contribution in [-0.2, 0) is 14.8 Å². The lowest BCUT2D eigenvalue weighted by atomic mass is 9.93. The Morgan fingerprint density at radius 3 is 2.71 bits per heavy atom. The van der Waals surface area contributed by atoms with E-state index in [1.54, 1.807) is 18.9 Å². The summed E-state index contributed by atoms with van der Waals surface area (Å²) in [7, 11) is -4.06. The molecule has 3 rings (SSSR count). The van der Waals surface area contributed by atoms with E-state index >= 15 is 0 Å². The zero-order valence-electron chi connectivity index (χ0n) is 16.2. The second kappa shape index (κ2) is 8.82. The zero-order valence-corrected chi connectivity index (χ0v) is 17.9. The summed E-state index contributed by atoms with van der Waals surface area (Å²) in [6.45, 7) is 2.41. The summed E-state index contributed by atoms with van der Waals surface area (Å²) in [5.41, 5.74) is -4.94. The average molecular weight is 477 g/mol. The van der Waals surface area contributed by atoms with Gasteiger partial charge in [0.2, 0.25) is 5.17 Å². The molecule has 0 aromatic heterocycles. The molecule has 1 aliphatic carbocycles. The minimum absolute atomic E-state index is 0.0671.